The van der Waals surface area contributed by atoms with Gasteiger partial charge in [0.25, 0.3) is 0 Å². The van der Waals surface area contributed by atoms with E-state index < -0.39 is 5.97 Å². The van der Waals surface area contributed by atoms with Gasteiger partial charge in [-0.2, -0.15) is 0 Å². The van der Waals surface area contributed by atoms with Crippen LogP contribution in [-0.2, 0) is 4.79 Å². The van der Waals surface area contributed by atoms with Gasteiger partial charge in [0.05, 0.1) is 5.57 Å². The Labute approximate surface area is 99.4 Å². The minimum atomic E-state index is -0.877. The molecule has 4 heteroatoms. The second kappa shape index (κ2) is 3.96. The summed E-state index contributed by atoms with van der Waals surface area (Å²) in [6.45, 7) is 0. The van der Waals surface area contributed by atoms with Crippen LogP contribution in [0.25, 0.3) is 0 Å². The molecule has 17 heavy (non-hydrogen) atoms. The van der Waals surface area contributed by atoms with Crippen LogP contribution in [0, 0.1) is 11.8 Å². The van der Waals surface area contributed by atoms with Gasteiger partial charge in [-0.05, 0) is 12.3 Å². The van der Waals surface area contributed by atoms with Crippen LogP contribution in [0.4, 0.5) is 0 Å². The molecule has 3 rings (SSSR count). The molecule has 3 aliphatic rings. The Bertz CT molecular complexity index is 462. The first kappa shape index (κ1) is 10.5. The van der Waals surface area contributed by atoms with Crippen molar-refractivity contribution in [2.45, 2.75) is 18.5 Å². The second-order valence-corrected chi connectivity index (χ2v) is 4.64. The van der Waals surface area contributed by atoms with Crippen LogP contribution >= 0.6 is 0 Å². The summed E-state index contributed by atoms with van der Waals surface area (Å²) in [4.78, 5) is 15.3. The monoisotopic (exact) mass is 230 g/mol. The van der Waals surface area contributed by atoms with Crippen molar-refractivity contribution in [2.24, 2.45) is 16.8 Å². The van der Waals surface area contributed by atoms with Gasteiger partial charge in [0.2, 0.25) is 0 Å². The van der Waals surface area contributed by atoms with Crippen LogP contribution < -0.4 is 5.32 Å². The summed E-state index contributed by atoms with van der Waals surface area (Å²) < 4.78 is 0. The third-order valence-corrected chi connectivity index (χ3v) is 3.75. The number of aliphatic carboxylic acids is 1. The van der Waals surface area contributed by atoms with Gasteiger partial charge in [-0.25, -0.2) is 4.79 Å². The molecule has 3 unspecified atom stereocenters. The quantitative estimate of drug-likeness (QED) is 0.709. The number of allylic oxidation sites excluding steroid dienone is 2. The van der Waals surface area contributed by atoms with E-state index in [9.17, 15) is 9.90 Å². The third kappa shape index (κ3) is 1.65. The van der Waals surface area contributed by atoms with Gasteiger partial charge in [-0.15, -0.1) is 0 Å². The number of fused-ring (bicyclic) bond motifs is 3. The van der Waals surface area contributed by atoms with Gasteiger partial charge in [-0.1, -0.05) is 24.3 Å². The van der Waals surface area contributed by atoms with Gasteiger partial charge in [0, 0.05) is 30.4 Å². The van der Waals surface area contributed by atoms with Crippen molar-refractivity contribution in [1.29, 1.82) is 0 Å². The van der Waals surface area contributed by atoms with E-state index >= 15 is 0 Å². The molecule has 4 atom stereocenters. The molecule has 0 bridgehead atoms. The van der Waals surface area contributed by atoms with Crippen molar-refractivity contribution in [1.82, 2.24) is 5.32 Å². The minimum absolute atomic E-state index is 0.0996. The molecule has 0 aromatic rings. The molecule has 2 heterocycles. The van der Waals surface area contributed by atoms with Crippen molar-refractivity contribution in [3.05, 3.63) is 36.1 Å². The average Bonchev–Trinajstić information content (AvgIpc) is 2.54. The number of nitrogens with one attached hydrogen (secondary N) is 1. The summed E-state index contributed by atoms with van der Waals surface area (Å²) >= 11 is 0. The van der Waals surface area contributed by atoms with Gasteiger partial charge < -0.3 is 10.4 Å². The number of carbonyl (C=O) groups is 1. The summed E-state index contributed by atoms with van der Waals surface area (Å²) in [6, 6.07) is 0.154. The summed E-state index contributed by atoms with van der Waals surface area (Å²) in [5, 5.41) is 12.6. The highest BCUT2D eigenvalue weighted by Gasteiger charge is 2.44. The molecule has 4 nitrogen and oxygen atoms in total. The summed E-state index contributed by atoms with van der Waals surface area (Å²) in [5.41, 5.74) is 0.375. The lowest BCUT2D eigenvalue weighted by molar-refractivity contribution is -0.133. The zero-order valence-electron chi connectivity index (χ0n) is 9.28. The Morgan fingerprint density at radius 2 is 2.24 bits per heavy atom. The van der Waals surface area contributed by atoms with Crippen molar-refractivity contribution < 1.29 is 9.90 Å². The van der Waals surface area contributed by atoms with E-state index in [1.54, 1.807) is 0 Å². The maximum absolute atomic E-state index is 11.2. The maximum atomic E-state index is 11.2. The molecule has 0 aromatic carbocycles. The molecule has 0 radical (unpaired) electrons. The number of hydrogen-bond acceptors (Lipinski definition) is 3. The fraction of sp³-hybridized carbons (Fsp3) is 0.385. The third-order valence-electron chi connectivity index (χ3n) is 3.75. The van der Waals surface area contributed by atoms with Crippen LogP contribution in [0.3, 0.4) is 0 Å². The van der Waals surface area contributed by atoms with E-state index in [0.29, 0.717) is 11.5 Å². The van der Waals surface area contributed by atoms with Gasteiger partial charge in [-0.3, -0.25) is 4.99 Å². The molecule has 0 saturated carbocycles. The van der Waals surface area contributed by atoms with E-state index in [1.165, 1.54) is 6.20 Å². The Hall–Kier alpha value is -1.68. The molecule has 1 fully saturated rings. The largest absolute Gasteiger partial charge is 0.478 e. The minimum Gasteiger partial charge on any atom is -0.478 e. The number of rotatable bonds is 1. The Morgan fingerprint density at radius 1 is 1.41 bits per heavy atom. The van der Waals surface area contributed by atoms with Crippen LogP contribution in [0.15, 0.2) is 41.1 Å². The summed E-state index contributed by atoms with van der Waals surface area (Å²) in [6.07, 6.45) is 12.4. The van der Waals surface area contributed by atoms with Crippen molar-refractivity contribution >= 4 is 12.2 Å². The zero-order valence-corrected chi connectivity index (χ0v) is 9.28. The number of nitrogens with zero attached hydrogens (tertiary/aromatic N) is 1. The molecular formula is C13H14N2O2. The van der Waals surface area contributed by atoms with Gasteiger partial charge >= 0.3 is 5.97 Å². The fourth-order valence-electron chi connectivity index (χ4n) is 2.95. The van der Waals surface area contributed by atoms with Gasteiger partial charge in [0.15, 0.2) is 0 Å². The normalized spacial score (nSPS) is 38.2. The lowest BCUT2D eigenvalue weighted by atomic mass is 9.81. The highest BCUT2D eigenvalue weighted by atomic mass is 16.4. The molecule has 0 amide bonds. The fourth-order valence-corrected chi connectivity index (χ4v) is 2.95. The van der Waals surface area contributed by atoms with E-state index in [1.807, 2.05) is 18.4 Å². The van der Waals surface area contributed by atoms with Crippen LogP contribution in [0.2, 0.25) is 0 Å². The number of aliphatic imine (C=N–C) groups is 1. The lowest BCUT2D eigenvalue weighted by Gasteiger charge is -2.21. The number of carboxylic acid groups (broad SMARTS) is 1. The van der Waals surface area contributed by atoms with Crippen LogP contribution in [0.1, 0.15) is 6.42 Å². The first-order valence-corrected chi connectivity index (χ1v) is 5.83. The number of carboxylic acids is 1. The molecule has 0 aromatic heterocycles. The van der Waals surface area contributed by atoms with E-state index in [4.69, 9.17) is 0 Å². The van der Waals surface area contributed by atoms with Gasteiger partial charge in [0.1, 0.15) is 0 Å². The second-order valence-electron chi connectivity index (χ2n) is 4.64. The standard InChI is InChI=1S/C13H14N2O2/c16-13(17)10-7-14-6-5-9-8-3-1-2-4-11(8)15-12(9)10/h1-4,6-9,11-12,15H,5H2,(H,16,17)/t8?,9?,11?,12-/m0/s1. The predicted octanol–water partition coefficient (Wildman–Crippen LogP) is 1.13. The molecule has 2 N–H and O–H groups in total. The molecule has 2 aliphatic heterocycles. The van der Waals surface area contributed by atoms with E-state index in [0.717, 1.165) is 6.42 Å². The van der Waals surface area contributed by atoms with Crippen molar-refractivity contribution in [3.8, 4) is 0 Å². The predicted molar refractivity (Wildman–Crippen MR) is 64.8 cm³/mol. The highest BCUT2D eigenvalue weighted by Crippen LogP contribution is 2.37. The average molecular weight is 230 g/mol. The Morgan fingerprint density at radius 3 is 3.06 bits per heavy atom. The van der Waals surface area contributed by atoms with Crippen LogP contribution in [0.5, 0.6) is 0 Å². The smallest absolute Gasteiger partial charge is 0.334 e. The first-order valence-electron chi connectivity index (χ1n) is 5.83. The molecular weight excluding hydrogens is 216 g/mol. The van der Waals surface area contributed by atoms with Crippen LogP contribution in [-0.4, -0.2) is 29.4 Å². The topological polar surface area (TPSA) is 61.7 Å². The Balaban J connectivity index is 1.96. The highest BCUT2D eigenvalue weighted by molar-refractivity contribution is 5.89. The summed E-state index contributed by atoms with van der Waals surface area (Å²) in [5.74, 6) is -0.217. The SMILES string of the molecule is O=C(O)C1=CN=CCC2C3C=CC=CC3N[C@H]12. The molecule has 1 saturated heterocycles. The molecule has 0 spiro atoms. The Kier molecular flexibility index (Phi) is 2.44. The first-order chi connectivity index (χ1) is 8.27. The molecule has 88 valence electrons. The number of hydrogen-bond donors (Lipinski definition) is 2. The van der Waals surface area contributed by atoms with Crippen molar-refractivity contribution in [2.75, 3.05) is 0 Å². The maximum Gasteiger partial charge on any atom is 0.334 e. The zero-order chi connectivity index (χ0) is 11.8. The molecule has 1 aliphatic carbocycles. The summed E-state index contributed by atoms with van der Waals surface area (Å²) in [7, 11) is 0. The van der Waals surface area contributed by atoms with E-state index in [-0.39, 0.29) is 18.0 Å². The van der Waals surface area contributed by atoms with E-state index in [2.05, 4.69) is 22.5 Å². The lowest BCUT2D eigenvalue weighted by Crippen LogP contribution is -2.35. The van der Waals surface area contributed by atoms with Crippen molar-refractivity contribution in [3.63, 3.8) is 0 Å².